The Morgan fingerprint density at radius 2 is 2.29 bits per heavy atom. The normalized spacial score (nSPS) is 5.00. The lowest BCUT2D eigenvalue weighted by Gasteiger charge is -1.62. The van der Waals surface area contributed by atoms with Crippen LogP contribution >= 0.6 is 0 Å². The summed E-state index contributed by atoms with van der Waals surface area (Å²) >= 11 is 0. The van der Waals surface area contributed by atoms with Crippen molar-refractivity contribution in [1.82, 2.24) is 0 Å². The van der Waals surface area contributed by atoms with E-state index in [1.807, 2.05) is 11.8 Å². The number of rotatable bonds is 0. The van der Waals surface area contributed by atoms with E-state index in [0.717, 1.165) is 0 Å². The topological polar surface area (TPSA) is 37.3 Å². The van der Waals surface area contributed by atoms with E-state index in [2.05, 4.69) is 6.42 Å². The highest BCUT2D eigenvalue weighted by Gasteiger charge is 1.77. The Hall–Kier alpha value is -1.41. The van der Waals surface area contributed by atoms with E-state index < -0.39 is 5.97 Å². The van der Waals surface area contributed by atoms with Gasteiger partial charge in [0.2, 0.25) is 0 Å². The molecule has 34 valence electrons. The fourth-order valence-electron chi connectivity index (χ4n) is 0.0896. The summed E-state index contributed by atoms with van der Waals surface area (Å²) in [6.07, 6.45) is 4.59. The van der Waals surface area contributed by atoms with Crippen molar-refractivity contribution in [1.29, 1.82) is 0 Å². The summed E-state index contributed by atoms with van der Waals surface area (Å²) in [5.74, 6) is 4.31. The number of terminal acetylenes is 1. The number of carboxylic acids is 1. The van der Waals surface area contributed by atoms with Gasteiger partial charge in [-0.15, -0.1) is 6.42 Å². The summed E-state index contributed by atoms with van der Waals surface area (Å²) in [4.78, 5) is 9.49. The maximum Gasteiger partial charge on any atom is 0.382 e. The molecule has 7 heavy (non-hydrogen) atoms. The van der Waals surface area contributed by atoms with Crippen molar-refractivity contribution in [2.75, 3.05) is 0 Å². The molecule has 0 rings (SSSR count). The highest BCUT2D eigenvalue weighted by atomic mass is 16.4. The van der Waals surface area contributed by atoms with E-state index in [1.165, 1.54) is 0 Å². The Morgan fingerprint density at radius 3 is 2.43 bits per heavy atom. The monoisotopic (exact) mass is 94.0 g/mol. The van der Waals surface area contributed by atoms with Crippen LogP contribution in [0, 0.1) is 24.2 Å². The summed E-state index contributed by atoms with van der Waals surface area (Å²) in [5.41, 5.74) is 0. The van der Waals surface area contributed by atoms with Gasteiger partial charge in [-0.3, -0.25) is 0 Å². The molecule has 2 nitrogen and oxygen atoms in total. The first-order chi connectivity index (χ1) is 3.27. The first-order valence-electron chi connectivity index (χ1n) is 1.47. The van der Waals surface area contributed by atoms with E-state index in [9.17, 15) is 4.79 Å². The molecule has 0 aromatic rings. The third kappa shape index (κ3) is 4.59. The SMILES string of the molecule is C#CC#CC(=O)O. The Kier molecular flexibility index (Phi) is 2.24. The molecule has 0 unspecified atom stereocenters. The maximum absolute atomic E-state index is 9.49. The molecular formula is C5H2O2. The van der Waals surface area contributed by atoms with Gasteiger partial charge in [0.15, 0.2) is 0 Å². The summed E-state index contributed by atoms with van der Waals surface area (Å²) in [7, 11) is 0. The van der Waals surface area contributed by atoms with E-state index >= 15 is 0 Å². The van der Waals surface area contributed by atoms with Crippen LogP contribution in [0.1, 0.15) is 0 Å². The molecule has 0 aromatic carbocycles. The molecule has 0 bridgehead atoms. The van der Waals surface area contributed by atoms with Gasteiger partial charge in [-0.25, -0.2) is 4.79 Å². The van der Waals surface area contributed by atoms with E-state index in [-0.39, 0.29) is 0 Å². The van der Waals surface area contributed by atoms with Gasteiger partial charge in [0.05, 0.1) is 0 Å². The summed E-state index contributed by atoms with van der Waals surface area (Å²) < 4.78 is 0. The molecule has 0 aliphatic heterocycles. The Morgan fingerprint density at radius 1 is 1.71 bits per heavy atom. The van der Waals surface area contributed by atoms with Crippen LogP contribution in [-0.2, 0) is 4.79 Å². The van der Waals surface area contributed by atoms with Crippen molar-refractivity contribution in [3.05, 3.63) is 0 Å². The van der Waals surface area contributed by atoms with Crippen molar-refractivity contribution in [2.24, 2.45) is 0 Å². The predicted octanol–water partition coefficient (Wildman–Crippen LogP) is -0.292. The molecule has 0 fully saturated rings. The van der Waals surface area contributed by atoms with Crippen LogP contribution in [0.15, 0.2) is 0 Å². The molecule has 0 amide bonds. The summed E-state index contributed by atoms with van der Waals surface area (Å²) in [5, 5.41) is 7.78. The minimum Gasteiger partial charge on any atom is -0.472 e. The smallest absolute Gasteiger partial charge is 0.382 e. The van der Waals surface area contributed by atoms with Crippen LogP contribution in [0.25, 0.3) is 0 Å². The summed E-state index contributed by atoms with van der Waals surface area (Å²) in [6.45, 7) is 0. The largest absolute Gasteiger partial charge is 0.472 e. The zero-order chi connectivity index (χ0) is 5.70. The van der Waals surface area contributed by atoms with Crippen molar-refractivity contribution in [2.45, 2.75) is 0 Å². The second-order valence-electron chi connectivity index (χ2n) is 0.699. The second-order valence-corrected chi connectivity index (χ2v) is 0.699. The predicted molar refractivity (Wildman–Crippen MR) is 24.2 cm³/mol. The van der Waals surface area contributed by atoms with Crippen LogP contribution < -0.4 is 0 Å². The standard InChI is InChI=1S/C5H2O2/c1-2-3-4-5(6)7/h1H,(H,6,7). The maximum atomic E-state index is 9.49. The molecule has 2 heteroatoms. The Labute approximate surface area is 41.2 Å². The number of carboxylic acid groups (broad SMARTS) is 1. The van der Waals surface area contributed by atoms with E-state index in [0.29, 0.717) is 0 Å². The quantitative estimate of drug-likeness (QED) is 0.419. The lowest BCUT2D eigenvalue weighted by atomic mass is 10.6. The van der Waals surface area contributed by atoms with Crippen molar-refractivity contribution >= 4 is 5.97 Å². The first kappa shape index (κ1) is 5.59. The number of hydrogen-bond donors (Lipinski definition) is 1. The van der Waals surface area contributed by atoms with Crippen LogP contribution in [0.3, 0.4) is 0 Å². The van der Waals surface area contributed by atoms with Gasteiger partial charge in [-0.05, 0) is 11.8 Å². The number of hydrogen-bond acceptors (Lipinski definition) is 1. The molecule has 0 aromatic heterocycles. The molecular weight excluding hydrogens is 92.1 g/mol. The Balaban J connectivity index is 3.74. The van der Waals surface area contributed by atoms with Gasteiger partial charge in [0, 0.05) is 5.92 Å². The van der Waals surface area contributed by atoms with E-state index in [4.69, 9.17) is 5.11 Å². The highest BCUT2D eigenvalue weighted by molar-refractivity contribution is 5.87. The van der Waals surface area contributed by atoms with Crippen LogP contribution in [0.5, 0.6) is 0 Å². The molecule has 0 aliphatic carbocycles. The number of aliphatic carboxylic acids is 1. The zero-order valence-electron chi connectivity index (χ0n) is 3.43. The first-order valence-corrected chi connectivity index (χ1v) is 1.47. The lowest BCUT2D eigenvalue weighted by molar-refractivity contribution is -0.130. The average Bonchev–Trinajstić information content (AvgIpc) is 1.61. The third-order valence-corrected chi connectivity index (χ3v) is 0.242. The van der Waals surface area contributed by atoms with Gasteiger partial charge >= 0.3 is 5.97 Å². The average molecular weight is 94.1 g/mol. The summed E-state index contributed by atoms with van der Waals surface area (Å²) in [6, 6.07) is 0. The molecule has 0 saturated heterocycles. The molecule has 0 heterocycles. The minimum absolute atomic E-state index is 1.20. The van der Waals surface area contributed by atoms with Crippen molar-refractivity contribution in [3.8, 4) is 24.2 Å². The van der Waals surface area contributed by atoms with Gasteiger partial charge in [0.25, 0.3) is 0 Å². The Bertz CT molecular complexity index is 163. The van der Waals surface area contributed by atoms with Crippen molar-refractivity contribution < 1.29 is 9.90 Å². The number of carbonyl (C=O) groups is 1. The fourth-order valence-corrected chi connectivity index (χ4v) is 0.0896. The fraction of sp³-hybridized carbons (Fsp3) is 0. The molecule has 0 radical (unpaired) electrons. The van der Waals surface area contributed by atoms with Crippen LogP contribution in [0.4, 0.5) is 0 Å². The van der Waals surface area contributed by atoms with Gasteiger partial charge in [-0.1, -0.05) is 0 Å². The van der Waals surface area contributed by atoms with Gasteiger partial charge < -0.3 is 5.11 Å². The molecule has 0 saturated carbocycles. The minimum atomic E-state index is -1.20. The molecule has 0 spiro atoms. The third-order valence-electron chi connectivity index (χ3n) is 0.242. The van der Waals surface area contributed by atoms with Gasteiger partial charge in [0.1, 0.15) is 0 Å². The molecule has 1 N–H and O–H groups in total. The molecule has 0 atom stereocenters. The second kappa shape index (κ2) is 2.81. The molecule has 0 aliphatic rings. The van der Waals surface area contributed by atoms with Crippen molar-refractivity contribution in [3.63, 3.8) is 0 Å². The zero-order valence-corrected chi connectivity index (χ0v) is 3.43. The van der Waals surface area contributed by atoms with Crippen LogP contribution in [0.2, 0.25) is 0 Å². The van der Waals surface area contributed by atoms with E-state index in [1.54, 1.807) is 5.92 Å². The van der Waals surface area contributed by atoms with Crippen LogP contribution in [-0.4, -0.2) is 11.1 Å². The lowest BCUT2D eigenvalue weighted by Crippen LogP contribution is -1.85. The highest BCUT2D eigenvalue weighted by Crippen LogP contribution is 1.52. The van der Waals surface area contributed by atoms with Gasteiger partial charge in [-0.2, -0.15) is 0 Å².